The zero-order valence-electron chi connectivity index (χ0n) is 8.50. The molecule has 0 atom stereocenters. The van der Waals surface area contributed by atoms with E-state index in [0.717, 1.165) is 11.1 Å². The Morgan fingerprint density at radius 1 is 1.60 bits per heavy atom. The summed E-state index contributed by atoms with van der Waals surface area (Å²) in [5.41, 5.74) is 2.14. The minimum atomic E-state index is -0.340. The molecule has 78 valence electrons. The number of benzene rings is 1. The zero-order chi connectivity index (χ0) is 11.4. The number of nitrogens with zero attached hydrogens (tertiary/aromatic N) is 1. The molecule has 0 amide bonds. The quantitative estimate of drug-likeness (QED) is 0.773. The molecule has 1 aromatic rings. The largest absolute Gasteiger partial charge is 0.469 e. The van der Waals surface area contributed by atoms with Gasteiger partial charge in [-0.05, 0) is 40.0 Å². The second-order valence-corrected chi connectivity index (χ2v) is 3.94. The van der Waals surface area contributed by atoms with Gasteiger partial charge in [0.25, 0.3) is 0 Å². The lowest BCUT2D eigenvalue weighted by molar-refractivity contribution is -0.139. The van der Waals surface area contributed by atoms with Crippen molar-refractivity contribution in [2.24, 2.45) is 0 Å². The van der Waals surface area contributed by atoms with Gasteiger partial charge in [0.05, 0.1) is 19.1 Å². The van der Waals surface area contributed by atoms with Crippen LogP contribution < -0.4 is 0 Å². The summed E-state index contributed by atoms with van der Waals surface area (Å²) in [6, 6.07) is 5.74. The Morgan fingerprint density at radius 2 is 2.27 bits per heavy atom. The second kappa shape index (κ2) is 4.94. The topological polar surface area (TPSA) is 50.1 Å². The van der Waals surface area contributed by atoms with Crippen molar-refractivity contribution in [2.45, 2.75) is 13.3 Å². The molecule has 0 radical (unpaired) electrons. The van der Waals surface area contributed by atoms with Crippen LogP contribution in [0.4, 0.5) is 0 Å². The van der Waals surface area contributed by atoms with Gasteiger partial charge in [-0.15, -0.1) is 0 Å². The first kappa shape index (κ1) is 11.7. The molecule has 0 aliphatic rings. The normalized spacial score (nSPS) is 9.47. The van der Waals surface area contributed by atoms with Crippen molar-refractivity contribution in [3.05, 3.63) is 33.3 Å². The molecule has 15 heavy (non-hydrogen) atoms. The summed E-state index contributed by atoms with van der Waals surface area (Å²) < 4.78 is 5.29. The van der Waals surface area contributed by atoms with E-state index < -0.39 is 0 Å². The van der Waals surface area contributed by atoms with Crippen molar-refractivity contribution in [3.63, 3.8) is 0 Å². The van der Waals surface area contributed by atoms with Gasteiger partial charge in [-0.3, -0.25) is 4.79 Å². The Balaban J connectivity index is 3.21. The fourth-order valence-corrected chi connectivity index (χ4v) is 1.75. The van der Waals surface area contributed by atoms with Gasteiger partial charge in [0, 0.05) is 4.47 Å². The molecule has 1 aromatic carbocycles. The molecule has 0 aliphatic heterocycles. The molecule has 0 saturated carbocycles. The van der Waals surface area contributed by atoms with Gasteiger partial charge in [-0.1, -0.05) is 6.07 Å². The summed E-state index contributed by atoms with van der Waals surface area (Å²) in [5.74, 6) is -0.340. The highest BCUT2D eigenvalue weighted by Gasteiger charge is 2.13. The summed E-state index contributed by atoms with van der Waals surface area (Å²) in [7, 11) is 1.34. The molecule has 0 unspecified atom stereocenters. The molecular weight excluding hydrogens is 258 g/mol. The Kier molecular flexibility index (Phi) is 3.87. The van der Waals surface area contributed by atoms with Gasteiger partial charge in [0.1, 0.15) is 6.07 Å². The molecule has 0 bridgehead atoms. The first-order valence-electron chi connectivity index (χ1n) is 4.35. The van der Waals surface area contributed by atoms with Crippen molar-refractivity contribution in [3.8, 4) is 6.07 Å². The Labute approximate surface area is 96.8 Å². The first-order valence-corrected chi connectivity index (χ1v) is 5.14. The Hall–Kier alpha value is -1.34. The maximum atomic E-state index is 11.2. The maximum Gasteiger partial charge on any atom is 0.310 e. The van der Waals surface area contributed by atoms with Crippen LogP contribution in [0.1, 0.15) is 16.7 Å². The number of aryl methyl sites for hydroxylation is 1. The average molecular weight is 268 g/mol. The minimum Gasteiger partial charge on any atom is -0.469 e. The van der Waals surface area contributed by atoms with Gasteiger partial charge in [0.15, 0.2) is 0 Å². The van der Waals surface area contributed by atoms with Crippen LogP contribution in [0.3, 0.4) is 0 Å². The average Bonchev–Trinajstić information content (AvgIpc) is 2.23. The SMILES string of the molecule is COC(=O)Cc1c(C)ccc(Br)c1C#N. The van der Waals surface area contributed by atoms with E-state index in [1.807, 2.05) is 13.0 Å². The van der Waals surface area contributed by atoms with Crippen LogP contribution in [-0.2, 0) is 16.0 Å². The smallest absolute Gasteiger partial charge is 0.310 e. The fraction of sp³-hybridized carbons (Fsp3) is 0.273. The molecule has 4 heteroatoms. The molecular formula is C11H10BrNO2. The maximum absolute atomic E-state index is 11.2. The number of carbonyl (C=O) groups excluding carboxylic acids is 1. The number of rotatable bonds is 2. The van der Waals surface area contributed by atoms with Crippen molar-refractivity contribution < 1.29 is 9.53 Å². The number of halogens is 1. The van der Waals surface area contributed by atoms with Crippen molar-refractivity contribution in [1.29, 1.82) is 5.26 Å². The van der Waals surface area contributed by atoms with Crippen LogP contribution in [0, 0.1) is 18.3 Å². The molecule has 0 heterocycles. The van der Waals surface area contributed by atoms with Crippen LogP contribution in [0.2, 0.25) is 0 Å². The third kappa shape index (κ3) is 2.57. The third-order valence-corrected chi connectivity index (χ3v) is 2.82. The van der Waals surface area contributed by atoms with Gasteiger partial charge in [0.2, 0.25) is 0 Å². The molecule has 0 fully saturated rings. The van der Waals surface area contributed by atoms with Crippen molar-refractivity contribution >= 4 is 21.9 Å². The van der Waals surface area contributed by atoms with Gasteiger partial charge >= 0.3 is 5.97 Å². The van der Waals surface area contributed by atoms with Gasteiger partial charge in [-0.2, -0.15) is 5.26 Å². The summed E-state index contributed by atoms with van der Waals surface area (Å²) in [5, 5.41) is 8.98. The number of ether oxygens (including phenoxy) is 1. The van der Waals surface area contributed by atoms with E-state index >= 15 is 0 Å². The number of hydrogen-bond acceptors (Lipinski definition) is 3. The lowest BCUT2D eigenvalue weighted by Gasteiger charge is -2.08. The van der Waals surface area contributed by atoms with E-state index in [-0.39, 0.29) is 12.4 Å². The predicted molar refractivity (Wildman–Crippen MR) is 59.3 cm³/mol. The lowest BCUT2D eigenvalue weighted by atomic mass is 10.00. The van der Waals surface area contributed by atoms with E-state index in [0.29, 0.717) is 10.0 Å². The van der Waals surface area contributed by atoms with E-state index in [9.17, 15) is 4.79 Å². The summed E-state index contributed by atoms with van der Waals surface area (Å²) in [6.45, 7) is 1.87. The monoisotopic (exact) mass is 267 g/mol. The standard InChI is InChI=1S/C11H10BrNO2/c1-7-3-4-10(12)9(6-13)8(7)5-11(14)15-2/h3-4H,5H2,1-2H3. The van der Waals surface area contributed by atoms with E-state index in [1.54, 1.807) is 6.07 Å². The molecule has 0 saturated heterocycles. The summed E-state index contributed by atoms with van der Waals surface area (Å²) in [6.07, 6.45) is 0.130. The Bertz CT molecular complexity index is 435. The predicted octanol–water partition coefficient (Wildman–Crippen LogP) is 2.34. The molecule has 1 rings (SSSR count). The number of hydrogen-bond donors (Lipinski definition) is 0. The fourth-order valence-electron chi connectivity index (χ4n) is 1.29. The minimum absolute atomic E-state index is 0.130. The highest BCUT2D eigenvalue weighted by molar-refractivity contribution is 9.10. The highest BCUT2D eigenvalue weighted by atomic mass is 79.9. The van der Waals surface area contributed by atoms with Crippen molar-refractivity contribution in [2.75, 3.05) is 7.11 Å². The van der Waals surface area contributed by atoms with E-state index in [1.165, 1.54) is 7.11 Å². The molecule has 0 aromatic heterocycles. The van der Waals surface area contributed by atoms with Gasteiger partial charge < -0.3 is 4.74 Å². The van der Waals surface area contributed by atoms with Crippen LogP contribution in [-0.4, -0.2) is 13.1 Å². The summed E-state index contributed by atoms with van der Waals surface area (Å²) >= 11 is 3.28. The van der Waals surface area contributed by atoms with Crippen molar-refractivity contribution in [1.82, 2.24) is 0 Å². The van der Waals surface area contributed by atoms with Crippen LogP contribution in [0.5, 0.6) is 0 Å². The van der Waals surface area contributed by atoms with E-state index in [2.05, 4.69) is 26.7 Å². The number of esters is 1. The second-order valence-electron chi connectivity index (χ2n) is 3.08. The highest BCUT2D eigenvalue weighted by Crippen LogP contribution is 2.23. The first-order chi connectivity index (χ1) is 7.10. The third-order valence-electron chi connectivity index (χ3n) is 2.16. The molecule has 0 N–H and O–H groups in total. The summed E-state index contributed by atoms with van der Waals surface area (Å²) in [4.78, 5) is 11.2. The molecule has 3 nitrogen and oxygen atoms in total. The van der Waals surface area contributed by atoms with Gasteiger partial charge in [-0.25, -0.2) is 0 Å². The zero-order valence-corrected chi connectivity index (χ0v) is 10.1. The van der Waals surface area contributed by atoms with Crippen LogP contribution >= 0.6 is 15.9 Å². The number of methoxy groups -OCH3 is 1. The lowest BCUT2D eigenvalue weighted by Crippen LogP contribution is -2.08. The number of nitriles is 1. The number of carbonyl (C=O) groups is 1. The molecule has 0 aliphatic carbocycles. The molecule has 0 spiro atoms. The van der Waals surface area contributed by atoms with Crippen LogP contribution in [0.15, 0.2) is 16.6 Å². The Morgan fingerprint density at radius 3 is 2.80 bits per heavy atom. The van der Waals surface area contributed by atoms with Crippen LogP contribution in [0.25, 0.3) is 0 Å². The van der Waals surface area contributed by atoms with E-state index in [4.69, 9.17) is 5.26 Å².